The van der Waals surface area contributed by atoms with Crippen molar-refractivity contribution in [2.24, 2.45) is 0 Å². The fourth-order valence-corrected chi connectivity index (χ4v) is 2.54. The molecule has 3 aromatic rings. The Labute approximate surface area is 145 Å². The predicted molar refractivity (Wildman–Crippen MR) is 97.6 cm³/mol. The monoisotopic (exact) mass is 337 g/mol. The summed E-state index contributed by atoms with van der Waals surface area (Å²) in [5.41, 5.74) is 1.34. The van der Waals surface area contributed by atoms with Crippen LogP contribution in [0.1, 0.15) is 5.56 Å². The van der Waals surface area contributed by atoms with E-state index in [-0.39, 0.29) is 17.9 Å². The van der Waals surface area contributed by atoms with Gasteiger partial charge >= 0.3 is 0 Å². The summed E-state index contributed by atoms with van der Waals surface area (Å²) in [4.78, 5) is 15.1. The molecule has 25 heavy (non-hydrogen) atoms. The number of H-pyrrole nitrogens is 1. The average molecular weight is 337 g/mol. The lowest BCUT2D eigenvalue weighted by Crippen LogP contribution is -2.13. The van der Waals surface area contributed by atoms with Crippen molar-refractivity contribution in [2.75, 3.05) is 13.7 Å². The number of hydrogen-bond acceptors (Lipinski definition) is 4. The fraction of sp³-hybridized carbons (Fsp3) is 0.150. The molecule has 2 aromatic carbocycles. The second-order valence-corrected chi connectivity index (χ2v) is 5.40. The lowest BCUT2D eigenvalue weighted by Gasteiger charge is -2.12. The molecule has 0 amide bonds. The Bertz CT molecular complexity index is 932. The van der Waals surface area contributed by atoms with Gasteiger partial charge < -0.3 is 19.2 Å². The predicted octanol–water partition coefficient (Wildman–Crippen LogP) is 3.68. The molecule has 0 atom stereocenters. The van der Waals surface area contributed by atoms with Crippen molar-refractivity contribution in [1.29, 1.82) is 0 Å². The molecule has 0 radical (unpaired) electrons. The van der Waals surface area contributed by atoms with E-state index in [2.05, 4.69) is 11.6 Å². The number of ether oxygens (including phenoxy) is 3. The Morgan fingerprint density at radius 1 is 1.08 bits per heavy atom. The first kappa shape index (κ1) is 16.6. The zero-order chi connectivity index (χ0) is 17.6. The Morgan fingerprint density at radius 3 is 2.60 bits per heavy atom. The summed E-state index contributed by atoms with van der Waals surface area (Å²) in [5.74, 6) is 1.21. The standard InChI is InChI=1S/C20H19NO4/c1-3-11-24-19-18(23-2)16-10-9-15(12-17(16)21-20(19)22)25-13-14-7-5-4-6-8-14/h3-10,12H,1,11,13H2,2H3,(H,21,22). The summed E-state index contributed by atoms with van der Waals surface area (Å²) in [5, 5.41) is 0.744. The minimum Gasteiger partial charge on any atom is -0.492 e. The van der Waals surface area contributed by atoms with E-state index in [0.29, 0.717) is 23.6 Å². The number of aromatic nitrogens is 1. The molecule has 0 saturated heterocycles. The summed E-state index contributed by atoms with van der Waals surface area (Å²) in [6.45, 7) is 4.26. The van der Waals surface area contributed by atoms with Crippen LogP contribution in [0.5, 0.6) is 17.2 Å². The highest BCUT2D eigenvalue weighted by atomic mass is 16.5. The van der Waals surface area contributed by atoms with E-state index in [1.54, 1.807) is 12.1 Å². The molecule has 0 aliphatic heterocycles. The molecule has 0 spiro atoms. The second kappa shape index (κ2) is 7.57. The smallest absolute Gasteiger partial charge is 0.294 e. The first-order chi connectivity index (χ1) is 12.2. The van der Waals surface area contributed by atoms with Crippen molar-refractivity contribution in [1.82, 2.24) is 4.98 Å². The maximum absolute atomic E-state index is 12.3. The number of nitrogens with one attached hydrogen (secondary N) is 1. The fourth-order valence-electron chi connectivity index (χ4n) is 2.54. The van der Waals surface area contributed by atoms with Crippen molar-refractivity contribution < 1.29 is 14.2 Å². The van der Waals surface area contributed by atoms with Gasteiger partial charge in [0.05, 0.1) is 12.6 Å². The van der Waals surface area contributed by atoms with E-state index >= 15 is 0 Å². The van der Waals surface area contributed by atoms with Gasteiger partial charge in [0.1, 0.15) is 19.0 Å². The Hall–Kier alpha value is -3.21. The summed E-state index contributed by atoms with van der Waals surface area (Å²) in [6, 6.07) is 15.3. The number of benzene rings is 2. The van der Waals surface area contributed by atoms with Crippen LogP contribution < -0.4 is 19.8 Å². The number of hydrogen-bond donors (Lipinski definition) is 1. The average Bonchev–Trinajstić information content (AvgIpc) is 2.65. The van der Waals surface area contributed by atoms with Crippen LogP contribution in [0.25, 0.3) is 10.9 Å². The third kappa shape index (κ3) is 3.66. The molecule has 1 N–H and O–H groups in total. The minimum absolute atomic E-state index is 0.146. The molecule has 0 aliphatic carbocycles. The largest absolute Gasteiger partial charge is 0.492 e. The molecule has 5 nitrogen and oxygen atoms in total. The molecule has 1 heterocycles. The molecule has 0 aliphatic rings. The van der Waals surface area contributed by atoms with Crippen LogP contribution in [0.15, 0.2) is 66.0 Å². The lowest BCUT2D eigenvalue weighted by molar-refractivity contribution is 0.306. The van der Waals surface area contributed by atoms with Crippen molar-refractivity contribution >= 4 is 10.9 Å². The Morgan fingerprint density at radius 2 is 1.88 bits per heavy atom. The highest BCUT2D eigenvalue weighted by molar-refractivity contribution is 5.88. The zero-order valence-corrected chi connectivity index (χ0v) is 14.0. The van der Waals surface area contributed by atoms with Gasteiger partial charge in [-0.3, -0.25) is 4.79 Å². The third-order valence-corrected chi connectivity index (χ3v) is 3.69. The van der Waals surface area contributed by atoms with E-state index in [4.69, 9.17) is 14.2 Å². The van der Waals surface area contributed by atoms with Gasteiger partial charge in [0.15, 0.2) is 5.75 Å². The molecule has 0 unspecified atom stereocenters. The first-order valence-electron chi connectivity index (χ1n) is 7.87. The summed E-state index contributed by atoms with van der Waals surface area (Å²) in [6.07, 6.45) is 1.57. The van der Waals surface area contributed by atoms with Gasteiger partial charge in [-0.2, -0.15) is 0 Å². The van der Waals surface area contributed by atoms with Gasteiger partial charge in [0, 0.05) is 11.5 Å². The van der Waals surface area contributed by atoms with E-state index in [9.17, 15) is 4.79 Å². The minimum atomic E-state index is -0.355. The molecule has 3 rings (SSSR count). The topological polar surface area (TPSA) is 60.6 Å². The quantitative estimate of drug-likeness (QED) is 0.668. The lowest BCUT2D eigenvalue weighted by atomic mass is 10.2. The molecule has 0 fully saturated rings. The van der Waals surface area contributed by atoms with Crippen LogP contribution >= 0.6 is 0 Å². The number of aromatic amines is 1. The van der Waals surface area contributed by atoms with Gasteiger partial charge in [-0.1, -0.05) is 43.0 Å². The summed E-state index contributed by atoms with van der Waals surface area (Å²) in [7, 11) is 1.51. The highest BCUT2D eigenvalue weighted by Crippen LogP contribution is 2.33. The number of methoxy groups -OCH3 is 1. The van der Waals surface area contributed by atoms with Crippen LogP contribution in [0.3, 0.4) is 0 Å². The molecule has 1 aromatic heterocycles. The van der Waals surface area contributed by atoms with Crippen molar-refractivity contribution in [3.8, 4) is 17.2 Å². The van der Waals surface area contributed by atoms with Gasteiger partial charge in [-0.05, 0) is 17.7 Å². The summed E-state index contributed by atoms with van der Waals surface area (Å²) < 4.78 is 16.6. The van der Waals surface area contributed by atoms with Crippen molar-refractivity contribution in [2.45, 2.75) is 6.61 Å². The van der Waals surface area contributed by atoms with E-state index in [1.165, 1.54) is 7.11 Å². The SMILES string of the molecule is C=CCOc1c(OC)c2ccc(OCc3ccccc3)cc2[nH]c1=O. The molecule has 0 saturated carbocycles. The van der Waals surface area contributed by atoms with E-state index in [0.717, 1.165) is 10.9 Å². The number of fused-ring (bicyclic) bond motifs is 1. The van der Waals surface area contributed by atoms with Crippen LogP contribution in [-0.4, -0.2) is 18.7 Å². The Kier molecular flexibility index (Phi) is 5.04. The van der Waals surface area contributed by atoms with Gasteiger partial charge in [-0.15, -0.1) is 0 Å². The molecule has 5 heteroatoms. The van der Waals surface area contributed by atoms with Crippen LogP contribution in [0, 0.1) is 0 Å². The normalized spacial score (nSPS) is 10.4. The van der Waals surface area contributed by atoms with E-state index < -0.39 is 0 Å². The molecular weight excluding hydrogens is 318 g/mol. The molecule has 0 bridgehead atoms. The third-order valence-electron chi connectivity index (χ3n) is 3.69. The Balaban J connectivity index is 1.92. The molecule has 128 valence electrons. The number of pyridine rings is 1. The first-order valence-corrected chi connectivity index (χ1v) is 7.87. The molecular formula is C20H19NO4. The zero-order valence-electron chi connectivity index (χ0n) is 14.0. The van der Waals surface area contributed by atoms with Crippen molar-refractivity contribution in [3.63, 3.8) is 0 Å². The van der Waals surface area contributed by atoms with Crippen LogP contribution in [0.2, 0.25) is 0 Å². The maximum atomic E-state index is 12.3. The highest BCUT2D eigenvalue weighted by Gasteiger charge is 2.15. The van der Waals surface area contributed by atoms with Crippen molar-refractivity contribution in [3.05, 3.63) is 77.1 Å². The number of rotatable bonds is 7. The van der Waals surface area contributed by atoms with E-state index in [1.807, 2.05) is 42.5 Å². The van der Waals surface area contributed by atoms with Crippen LogP contribution in [0.4, 0.5) is 0 Å². The summed E-state index contributed by atoms with van der Waals surface area (Å²) >= 11 is 0. The van der Waals surface area contributed by atoms with Crippen LogP contribution in [-0.2, 0) is 6.61 Å². The van der Waals surface area contributed by atoms with Gasteiger partial charge in [0.25, 0.3) is 5.56 Å². The maximum Gasteiger partial charge on any atom is 0.294 e. The van der Waals surface area contributed by atoms with Gasteiger partial charge in [-0.25, -0.2) is 0 Å². The second-order valence-electron chi connectivity index (χ2n) is 5.40. The van der Waals surface area contributed by atoms with Gasteiger partial charge in [0.2, 0.25) is 5.75 Å².